The van der Waals surface area contributed by atoms with Crippen LogP contribution in [-0.4, -0.2) is 5.11 Å². The van der Waals surface area contributed by atoms with Gasteiger partial charge in [0.05, 0.1) is 16.8 Å². The van der Waals surface area contributed by atoms with Crippen molar-refractivity contribution in [1.29, 1.82) is 0 Å². The Morgan fingerprint density at radius 2 is 1.95 bits per heavy atom. The molecule has 0 saturated carbocycles. The van der Waals surface area contributed by atoms with Gasteiger partial charge in [0.1, 0.15) is 11.6 Å². The van der Waals surface area contributed by atoms with Crippen molar-refractivity contribution in [3.63, 3.8) is 0 Å². The number of benzene rings is 2. The van der Waals surface area contributed by atoms with Crippen molar-refractivity contribution < 1.29 is 13.9 Å². The van der Waals surface area contributed by atoms with Gasteiger partial charge in [-0.1, -0.05) is 23.7 Å². The topological polar surface area (TPSA) is 32.3 Å². The molecule has 0 aliphatic heterocycles. The minimum absolute atomic E-state index is 0.00313. The molecule has 0 bridgehead atoms. The predicted molar refractivity (Wildman–Crippen MR) is 71.5 cm³/mol. The molecule has 2 nitrogen and oxygen atoms in total. The van der Waals surface area contributed by atoms with Crippen LogP contribution in [0.15, 0.2) is 36.4 Å². The first kappa shape index (κ1) is 13.6. The maximum absolute atomic E-state index is 13.7. The number of aromatic hydroxyl groups is 1. The van der Waals surface area contributed by atoms with E-state index in [1.807, 2.05) is 0 Å². The van der Waals surface area contributed by atoms with Gasteiger partial charge in [-0.25, -0.2) is 8.78 Å². The molecule has 0 aliphatic carbocycles. The van der Waals surface area contributed by atoms with Gasteiger partial charge in [-0.2, -0.15) is 0 Å². The van der Waals surface area contributed by atoms with Crippen molar-refractivity contribution in [2.24, 2.45) is 0 Å². The predicted octanol–water partition coefficient (Wildman–Crippen LogP) is 4.50. The molecular weight excluding hydrogens is 272 g/mol. The molecule has 0 aromatic heterocycles. The van der Waals surface area contributed by atoms with Crippen molar-refractivity contribution in [1.82, 2.24) is 0 Å². The zero-order chi connectivity index (χ0) is 14.0. The summed E-state index contributed by atoms with van der Waals surface area (Å²) in [5.74, 6) is -1.28. The smallest absolute Gasteiger partial charge is 0.164 e. The van der Waals surface area contributed by atoms with Gasteiger partial charge in [0.15, 0.2) is 5.82 Å². The molecule has 2 aromatic carbocycles. The molecule has 19 heavy (non-hydrogen) atoms. The van der Waals surface area contributed by atoms with Gasteiger partial charge >= 0.3 is 0 Å². The van der Waals surface area contributed by atoms with Crippen LogP contribution in [0.1, 0.15) is 18.5 Å². The zero-order valence-electron chi connectivity index (χ0n) is 10.1. The Balaban J connectivity index is 2.25. The Bertz CT molecular complexity index is 604. The summed E-state index contributed by atoms with van der Waals surface area (Å²) < 4.78 is 27.4. The Kier molecular flexibility index (Phi) is 3.90. The van der Waals surface area contributed by atoms with Crippen molar-refractivity contribution >= 4 is 17.3 Å². The quantitative estimate of drug-likeness (QED) is 0.869. The minimum atomic E-state index is -0.574. The lowest BCUT2D eigenvalue weighted by atomic mass is 10.1. The van der Waals surface area contributed by atoms with E-state index in [9.17, 15) is 8.78 Å². The van der Waals surface area contributed by atoms with Gasteiger partial charge in [-0.3, -0.25) is 0 Å². The van der Waals surface area contributed by atoms with E-state index in [-0.39, 0.29) is 16.5 Å². The maximum Gasteiger partial charge on any atom is 0.164 e. The van der Waals surface area contributed by atoms with E-state index in [0.29, 0.717) is 5.56 Å². The SMILES string of the molecule is CC(Nc1cccc(Cl)c1F)c1ccc(O)cc1F. The third-order valence-corrected chi connectivity index (χ3v) is 3.07. The number of nitrogens with one attached hydrogen (secondary N) is 1. The fourth-order valence-electron chi connectivity index (χ4n) is 1.79. The average molecular weight is 284 g/mol. The Morgan fingerprint density at radius 1 is 1.21 bits per heavy atom. The molecule has 2 aromatic rings. The first-order valence-electron chi connectivity index (χ1n) is 5.68. The van der Waals surface area contributed by atoms with E-state index in [1.165, 1.54) is 24.3 Å². The van der Waals surface area contributed by atoms with Crippen molar-refractivity contribution in [3.05, 3.63) is 58.6 Å². The fourth-order valence-corrected chi connectivity index (χ4v) is 1.97. The third-order valence-electron chi connectivity index (χ3n) is 2.77. The number of anilines is 1. The van der Waals surface area contributed by atoms with E-state index < -0.39 is 17.7 Å². The monoisotopic (exact) mass is 283 g/mol. The number of rotatable bonds is 3. The van der Waals surface area contributed by atoms with Crippen LogP contribution < -0.4 is 5.32 Å². The van der Waals surface area contributed by atoms with Crippen LogP contribution in [0.25, 0.3) is 0 Å². The Morgan fingerprint density at radius 3 is 2.63 bits per heavy atom. The molecule has 100 valence electrons. The van der Waals surface area contributed by atoms with E-state index in [4.69, 9.17) is 16.7 Å². The van der Waals surface area contributed by atoms with Gasteiger partial charge < -0.3 is 10.4 Å². The minimum Gasteiger partial charge on any atom is -0.508 e. The van der Waals surface area contributed by atoms with E-state index >= 15 is 0 Å². The van der Waals surface area contributed by atoms with Gasteiger partial charge in [0, 0.05) is 11.6 Å². The summed E-state index contributed by atoms with van der Waals surface area (Å²) in [6.45, 7) is 1.69. The molecular formula is C14H12ClF2NO. The van der Waals surface area contributed by atoms with Crippen LogP contribution in [0.5, 0.6) is 5.75 Å². The number of phenols is 1. The van der Waals surface area contributed by atoms with Crippen LogP contribution in [0.4, 0.5) is 14.5 Å². The summed E-state index contributed by atoms with van der Waals surface area (Å²) in [6.07, 6.45) is 0. The molecule has 0 fully saturated rings. The second-order valence-corrected chi connectivity index (χ2v) is 4.58. The standard InChI is InChI=1S/C14H12ClF2NO/c1-8(10-6-5-9(19)7-12(10)16)18-13-4-2-3-11(15)14(13)17/h2-8,18-19H,1H3. The van der Waals surface area contributed by atoms with Crippen LogP contribution in [0.3, 0.4) is 0 Å². The molecule has 0 amide bonds. The summed E-state index contributed by atoms with van der Waals surface area (Å²) in [4.78, 5) is 0. The second-order valence-electron chi connectivity index (χ2n) is 4.17. The lowest BCUT2D eigenvalue weighted by Gasteiger charge is -2.17. The average Bonchev–Trinajstić information content (AvgIpc) is 2.34. The molecule has 0 radical (unpaired) electrons. The maximum atomic E-state index is 13.7. The van der Waals surface area contributed by atoms with Crippen molar-refractivity contribution in [2.75, 3.05) is 5.32 Å². The number of hydrogen-bond acceptors (Lipinski definition) is 2. The van der Waals surface area contributed by atoms with E-state index in [0.717, 1.165) is 6.07 Å². The van der Waals surface area contributed by atoms with Gasteiger partial charge in [0.2, 0.25) is 0 Å². The van der Waals surface area contributed by atoms with E-state index in [1.54, 1.807) is 13.0 Å². The number of halogens is 3. The zero-order valence-corrected chi connectivity index (χ0v) is 10.9. The summed E-state index contributed by atoms with van der Waals surface area (Å²) in [6, 6.07) is 7.95. The van der Waals surface area contributed by atoms with Crippen LogP contribution in [0.2, 0.25) is 5.02 Å². The lowest BCUT2D eigenvalue weighted by Crippen LogP contribution is -2.09. The summed E-state index contributed by atoms with van der Waals surface area (Å²) in [5.41, 5.74) is 0.532. The fraction of sp³-hybridized carbons (Fsp3) is 0.143. The number of phenolic OH excluding ortho intramolecular Hbond substituents is 1. The summed E-state index contributed by atoms with van der Waals surface area (Å²) in [7, 11) is 0. The highest BCUT2D eigenvalue weighted by Crippen LogP contribution is 2.28. The van der Waals surface area contributed by atoms with E-state index in [2.05, 4.69) is 5.32 Å². The Hall–Kier alpha value is -1.81. The molecule has 1 atom stereocenters. The highest BCUT2D eigenvalue weighted by molar-refractivity contribution is 6.31. The van der Waals surface area contributed by atoms with Crippen LogP contribution in [-0.2, 0) is 0 Å². The molecule has 5 heteroatoms. The molecule has 0 saturated heterocycles. The highest BCUT2D eigenvalue weighted by Gasteiger charge is 2.14. The first-order valence-corrected chi connectivity index (χ1v) is 6.06. The molecule has 0 aliphatic rings. The molecule has 2 rings (SSSR count). The normalized spacial score (nSPS) is 12.2. The second kappa shape index (κ2) is 5.45. The molecule has 2 N–H and O–H groups in total. The van der Waals surface area contributed by atoms with Crippen LogP contribution in [0, 0.1) is 11.6 Å². The molecule has 0 heterocycles. The number of hydrogen-bond donors (Lipinski definition) is 2. The van der Waals surface area contributed by atoms with Crippen molar-refractivity contribution in [3.8, 4) is 5.75 Å². The largest absolute Gasteiger partial charge is 0.508 e. The molecule has 0 spiro atoms. The first-order chi connectivity index (χ1) is 8.99. The Labute approximate surface area is 114 Å². The van der Waals surface area contributed by atoms with Gasteiger partial charge in [-0.15, -0.1) is 0 Å². The van der Waals surface area contributed by atoms with Crippen LogP contribution >= 0.6 is 11.6 Å². The lowest BCUT2D eigenvalue weighted by molar-refractivity contribution is 0.467. The van der Waals surface area contributed by atoms with Crippen molar-refractivity contribution in [2.45, 2.75) is 13.0 Å². The third kappa shape index (κ3) is 2.96. The van der Waals surface area contributed by atoms with Gasteiger partial charge in [-0.05, 0) is 25.1 Å². The summed E-state index contributed by atoms with van der Waals surface area (Å²) >= 11 is 5.67. The van der Waals surface area contributed by atoms with Gasteiger partial charge in [0.25, 0.3) is 0 Å². The highest BCUT2D eigenvalue weighted by atomic mass is 35.5. The molecule has 1 unspecified atom stereocenters. The summed E-state index contributed by atoms with van der Waals surface area (Å²) in [5, 5.41) is 12.0.